The molecule has 0 radical (unpaired) electrons. The average Bonchev–Trinajstić information content (AvgIpc) is 2.74. The first kappa shape index (κ1) is 14.5. The van der Waals surface area contributed by atoms with Gasteiger partial charge in [-0.3, -0.25) is 4.68 Å². The van der Waals surface area contributed by atoms with Crippen LogP contribution in [0.2, 0.25) is 5.02 Å². The molecule has 1 unspecified atom stereocenters. The molecule has 102 valence electrons. The quantitative estimate of drug-likeness (QED) is 0.912. The van der Waals surface area contributed by atoms with Crippen molar-refractivity contribution in [3.8, 4) is 0 Å². The summed E-state index contributed by atoms with van der Waals surface area (Å²) < 4.78 is 16.1. The molecule has 0 amide bonds. The highest BCUT2D eigenvalue weighted by Gasteiger charge is 2.21. The Balaban J connectivity index is 2.46. The third-order valence-electron chi connectivity index (χ3n) is 2.88. The lowest BCUT2D eigenvalue weighted by molar-refractivity contribution is 0.557. The topological polar surface area (TPSA) is 43.8 Å². The molecule has 0 spiro atoms. The number of rotatable bonds is 4. The smallest absolute Gasteiger partial charge is 0.142 e. The van der Waals surface area contributed by atoms with Gasteiger partial charge < -0.3 is 5.73 Å². The van der Waals surface area contributed by atoms with Crippen LogP contribution in [-0.4, -0.2) is 9.78 Å². The lowest BCUT2D eigenvalue weighted by Crippen LogP contribution is -2.18. The molecule has 6 heteroatoms. The Labute approximate surface area is 124 Å². The molecule has 19 heavy (non-hydrogen) atoms. The molecule has 2 N–H and O–H groups in total. The van der Waals surface area contributed by atoms with Crippen molar-refractivity contribution in [3.63, 3.8) is 0 Å². The van der Waals surface area contributed by atoms with Gasteiger partial charge in [0.25, 0.3) is 0 Å². The summed E-state index contributed by atoms with van der Waals surface area (Å²) in [5, 5.41) is 4.32. The number of aromatic nitrogens is 2. The van der Waals surface area contributed by atoms with Gasteiger partial charge in [-0.15, -0.1) is 0 Å². The second-order valence-electron chi connectivity index (χ2n) is 4.22. The first-order chi connectivity index (χ1) is 9.06. The predicted octanol–water partition coefficient (Wildman–Crippen LogP) is 3.90. The van der Waals surface area contributed by atoms with Gasteiger partial charge in [-0.2, -0.15) is 5.10 Å². The monoisotopic (exact) mass is 345 g/mol. The number of nitrogens with zero attached hydrogens (tertiary/aromatic N) is 2. The van der Waals surface area contributed by atoms with Crippen LogP contribution in [0.5, 0.6) is 0 Å². The van der Waals surface area contributed by atoms with E-state index in [4.69, 9.17) is 17.3 Å². The minimum Gasteiger partial charge on any atom is -0.319 e. The van der Waals surface area contributed by atoms with Gasteiger partial charge >= 0.3 is 0 Å². The van der Waals surface area contributed by atoms with Gasteiger partial charge in [0.2, 0.25) is 0 Å². The summed E-state index contributed by atoms with van der Waals surface area (Å²) in [4.78, 5) is 0. The fourth-order valence-electron chi connectivity index (χ4n) is 1.98. The summed E-state index contributed by atoms with van der Waals surface area (Å²) in [6, 6.07) is 4.12. The van der Waals surface area contributed by atoms with Gasteiger partial charge in [0.1, 0.15) is 5.82 Å². The van der Waals surface area contributed by atoms with Crippen LogP contribution >= 0.6 is 27.5 Å². The standard InChI is InChI=1S/C13H14BrClFN3/c1-2-6-19-13(9(14)7-18-19)12(17)8-4-3-5-10(16)11(8)15/h3-5,7,12H,2,6,17H2,1H3. The Kier molecular flexibility index (Phi) is 4.60. The highest BCUT2D eigenvalue weighted by atomic mass is 79.9. The van der Waals surface area contributed by atoms with Gasteiger partial charge in [-0.1, -0.05) is 30.7 Å². The Morgan fingerprint density at radius 3 is 2.95 bits per heavy atom. The third kappa shape index (κ3) is 2.83. The van der Waals surface area contributed by atoms with Crippen molar-refractivity contribution < 1.29 is 4.39 Å². The average molecular weight is 347 g/mol. The molecule has 2 aromatic rings. The number of aryl methyl sites for hydroxylation is 1. The second kappa shape index (κ2) is 6.03. The van der Waals surface area contributed by atoms with Gasteiger partial charge in [-0.25, -0.2) is 4.39 Å². The van der Waals surface area contributed by atoms with E-state index in [1.807, 2.05) is 4.68 Å². The lowest BCUT2D eigenvalue weighted by atomic mass is 10.0. The fourth-order valence-corrected chi connectivity index (χ4v) is 2.77. The zero-order valence-electron chi connectivity index (χ0n) is 10.4. The summed E-state index contributed by atoms with van der Waals surface area (Å²) in [5.41, 5.74) is 7.58. The van der Waals surface area contributed by atoms with Crippen LogP contribution < -0.4 is 5.73 Å². The molecule has 0 saturated heterocycles. The highest BCUT2D eigenvalue weighted by Crippen LogP contribution is 2.32. The molecule has 1 heterocycles. The SMILES string of the molecule is CCCn1ncc(Br)c1C(N)c1cccc(F)c1Cl. The summed E-state index contributed by atoms with van der Waals surface area (Å²) >= 11 is 9.41. The van der Waals surface area contributed by atoms with Crippen molar-refractivity contribution in [2.45, 2.75) is 25.9 Å². The molecule has 0 saturated carbocycles. The maximum absolute atomic E-state index is 13.5. The van der Waals surface area contributed by atoms with E-state index >= 15 is 0 Å². The van der Waals surface area contributed by atoms with Crippen molar-refractivity contribution in [2.75, 3.05) is 0 Å². The van der Waals surface area contributed by atoms with Crippen LogP contribution in [0, 0.1) is 5.82 Å². The number of hydrogen-bond acceptors (Lipinski definition) is 2. The normalized spacial score (nSPS) is 12.7. The summed E-state index contributed by atoms with van der Waals surface area (Å²) in [5.74, 6) is -0.465. The van der Waals surface area contributed by atoms with E-state index in [9.17, 15) is 4.39 Å². The van der Waals surface area contributed by atoms with E-state index in [0.29, 0.717) is 5.56 Å². The Morgan fingerprint density at radius 1 is 1.53 bits per heavy atom. The van der Waals surface area contributed by atoms with E-state index in [1.54, 1.807) is 18.3 Å². The molecule has 3 nitrogen and oxygen atoms in total. The van der Waals surface area contributed by atoms with Gasteiger partial charge in [0.15, 0.2) is 0 Å². The van der Waals surface area contributed by atoms with E-state index in [1.165, 1.54) is 6.07 Å². The second-order valence-corrected chi connectivity index (χ2v) is 5.45. The van der Waals surface area contributed by atoms with Crippen LogP contribution in [0.15, 0.2) is 28.9 Å². The predicted molar refractivity (Wildman–Crippen MR) is 77.7 cm³/mol. The summed E-state index contributed by atoms with van der Waals surface area (Å²) in [7, 11) is 0. The van der Waals surface area contributed by atoms with Crippen LogP contribution in [0.25, 0.3) is 0 Å². The Morgan fingerprint density at radius 2 is 2.26 bits per heavy atom. The van der Waals surface area contributed by atoms with Gasteiger partial charge in [0, 0.05) is 6.54 Å². The molecule has 1 aromatic carbocycles. The zero-order chi connectivity index (χ0) is 14.0. The molecular formula is C13H14BrClFN3. The molecule has 0 aliphatic heterocycles. The van der Waals surface area contributed by atoms with E-state index in [2.05, 4.69) is 28.0 Å². The molecular weight excluding hydrogens is 333 g/mol. The van der Waals surface area contributed by atoms with Crippen molar-refractivity contribution in [1.82, 2.24) is 9.78 Å². The Bertz CT molecular complexity index is 585. The minimum atomic E-state index is -0.522. The van der Waals surface area contributed by atoms with E-state index in [0.717, 1.165) is 23.1 Å². The third-order valence-corrected chi connectivity index (χ3v) is 3.89. The molecule has 0 fully saturated rings. The van der Waals surface area contributed by atoms with Crippen molar-refractivity contribution in [1.29, 1.82) is 0 Å². The molecule has 1 aromatic heterocycles. The zero-order valence-corrected chi connectivity index (χ0v) is 12.7. The number of hydrogen-bond donors (Lipinski definition) is 1. The number of benzene rings is 1. The fraction of sp³-hybridized carbons (Fsp3) is 0.308. The molecule has 2 rings (SSSR count). The van der Waals surface area contributed by atoms with E-state index < -0.39 is 11.9 Å². The van der Waals surface area contributed by atoms with Crippen LogP contribution in [0.4, 0.5) is 4.39 Å². The lowest BCUT2D eigenvalue weighted by Gasteiger charge is -2.16. The maximum atomic E-state index is 13.5. The first-order valence-electron chi connectivity index (χ1n) is 5.97. The largest absolute Gasteiger partial charge is 0.319 e. The number of nitrogens with two attached hydrogens (primary N) is 1. The van der Waals surface area contributed by atoms with Crippen LogP contribution in [0.1, 0.15) is 30.6 Å². The molecule has 1 atom stereocenters. The van der Waals surface area contributed by atoms with Crippen LogP contribution in [-0.2, 0) is 6.54 Å². The highest BCUT2D eigenvalue weighted by molar-refractivity contribution is 9.10. The van der Waals surface area contributed by atoms with Crippen molar-refractivity contribution in [2.24, 2.45) is 5.73 Å². The van der Waals surface area contributed by atoms with Crippen molar-refractivity contribution >= 4 is 27.5 Å². The van der Waals surface area contributed by atoms with Crippen molar-refractivity contribution in [3.05, 3.63) is 51.0 Å². The van der Waals surface area contributed by atoms with E-state index in [-0.39, 0.29) is 5.02 Å². The van der Waals surface area contributed by atoms with Crippen LogP contribution in [0.3, 0.4) is 0 Å². The van der Waals surface area contributed by atoms with Gasteiger partial charge in [-0.05, 0) is 34.0 Å². The number of halogens is 3. The first-order valence-corrected chi connectivity index (χ1v) is 7.14. The van der Waals surface area contributed by atoms with Gasteiger partial charge in [0.05, 0.1) is 27.4 Å². The summed E-state index contributed by atoms with van der Waals surface area (Å²) in [6.07, 6.45) is 2.63. The summed E-state index contributed by atoms with van der Waals surface area (Å²) in [6.45, 7) is 2.81. The molecule has 0 bridgehead atoms. The molecule has 0 aliphatic carbocycles. The minimum absolute atomic E-state index is 0.0612. The maximum Gasteiger partial charge on any atom is 0.142 e. The Hall–Kier alpha value is -0.910. The molecule has 0 aliphatic rings.